The summed E-state index contributed by atoms with van der Waals surface area (Å²) >= 11 is 0. The second kappa shape index (κ2) is 10.5. The lowest BCUT2D eigenvalue weighted by atomic mass is 9.83. The van der Waals surface area contributed by atoms with E-state index in [1.807, 2.05) is 30.3 Å². The largest absolute Gasteiger partial charge is 0.495 e. The first-order valence-corrected chi connectivity index (χ1v) is 13.8. The number of methoxy groups -OCH3 is 1. The molecule has 0 spiro atoms. The van der Waals surface area contributed by atoms with E-state index in [-0.39, 0.29) is 35.2 Å². The van der Waals surface area contributed by atoms with Crippen molar-refractivity contribution < 1.29 is 17.9 Å². The van der Waals surface area contributed by atoms with E-state index < -0.39 is 10.0 Å². The predicted octanol–water partition coefficient (Wildman–Crippen LogP) is 5.09. The van der Waals surface area contributed by atoms with Gasteiger partial charge in [0.15, 0.2) is 0 Å². The fourth-order valence-corrected chi connectivity index (χ4v) is 6.40. The monoisotopic (exact) mass is 484 g/mol. The standard InChI is InChI=1S/C27H36N2O4S/c1-4-20-10-13-23(14-11-20)29(24-15-16-24)27(30)22-12-17-25(33-3)26(18-22)34(31,32)28(2)19-21-8-6-5-7-9-21/h5-9,12,17-18,20,23-24H,4,10-11,13-16,19H2,1-3H3. The van der Waals surface area contributed by atoms with Gasteiger partial charge in [-0.2, -0.15) is 4.31 Å². The van der Waals surface area contributed by atoms with Crippen molar-refractivity contribution in [3.63, 3.8) is 0 Å². The molecule has 7 heteroatoms. The molecule has 2 aromatic carbocycles. The van der Waals surface area contributed by atoms with Gasteiger partial charge in [-0.1, -0.05) is 43.7 Å². The third-order valence-electron chi connectivity index (χ3n) is 7.31. The summed E-state index contributed by atoms with van der Waals surface area (Å²) in [6.07, 6.45) is 7.62. The number of amides is 1. The van der Waals surface area contributed by atoms with Crippen molar-refractivity contribution in [1.82, 2.24) is 9.21 Å². The maximum absolute atomic E-state index is 13.7. The number of benzene rings is 2. The minimum atomic E-state index is -3.86. The molecular weight excluding hydrogens is 448 g/mol. The number of nitrogens with zero attached hydrogens (tertiary/aromatic N) is 2. The first-order valence-electron chi connectivity index (χ1n) is 12.4. The maximum Gasteiger partial charge on any atom is 0.254 e. The van der Waals surface area contributed by atoms with Crippen molar-refractivity contribution in [3.8, 4) is 5.75 Å². The number of carbonyl (C=O) groups excluding carboxylic acids is 1. The van der Waals surface area contributed by atoms with Gasteiger partial charge >= 0.3 is 0 Å². The summed E-state index contributed by atoms with van der Waals surface area (Å²) in [7, 11) is -0.856. The molecule has 0 heterocycles. The molecule has 6 nitrogen and oxygen atoms in total. The fraction of sp³-hybridized carbons (Fsp3) is 0.519. The van der Waals surface area contributed by atoms with Crippen molar-refractivity contribution in [2.24, 2.45) is 5.92 Å². The van der Waals surface area contributed by atoms with Crippen molar-refractivity contribution in [3.05, 3.63) is 59.7 Å². The SMILES string of the molecule is CCC1CCC(N(C(=O)c2ccc(OC)c(S(=O)(=O)N(C)Cc3ccccc3)c2)C2CC2)CC1. The number of hydrogen-bond donors (Lipinski definition) is 0. The molecule has 0 radical (unpaired) electrons. The zero-order valence-electron chi connectivity index (χ0n) is 20.4. The van der Waals surface area contributed by atoms with Crippen LogP contribution in [0.1, 0.15) is 67.8 Å². The van der Waals surface area contributed by atoms with Crippen molar-refractivity contribution >= 4 is 15.9 Å². The van der Waals surface area contributed by atoms with Crippen molar-refractivity contribution in [1.29, 1.82) is 0 Å². The molecule has 0 bridgehead atoms. The normalized spacial score (nSPS) is 20.8. The molecule has 0 unspecified atom stereocenters. The molecule has 2 saturated carbocycles. The Morgan fingerprint density at radius 3 is 2.15 bits per heavy atom. The molecule has 2 aromatic rings. The molecule has 4 rings (SSSR count). The summed E-state index contributed by atoms with van der Waals surface area (Å²) in [5, 5.41) is 0. The van der Waals surface area contributed by atoms with Gasteiger partial charge in [-0.3, -0.25) is 4.79 Å². The Labute approximate surface area is 204 Å². The summed E-state index contributed by atoms with van der Waals surface area (Å²) < 4.78 is 33.7. The Morgan fingerprint density at radius 1 is 0.971 bits per heavy atom. The molecule has 2 aliphatic carbocycles. The van der Waals surface area contributed by atoms with Crippen molar-refractivity contribution in [2.75, 3.05) is 14.2 Å². The second-order valence-electron chi connectivity index (χ2n) is 9.64. The average Bonchev–Trinajstić information content (AvgIpc) is 3.70. The van der Waals surface area contributed by atoms with Crippen LogP contribution in [-0.2, 0) is 16.6 Å². The molecule has 0 saturated heterocycles. The van der Waals surface area contributed by atoms with Gasteiger partial charge < -0.3 is 9.64 Å². The Balaban J connectivity index is 1.60. The third-order valence-corrected chi connectivity index (χ3v) is 9.13. The van der Waals surface area contributed by atoms with E-state index in [0.29, 0.717) is 5.56 Å². The molecule has 0 N–H and O–H groups in total. The van der Waals surface area contributed by atoms with Crippen molar-refractivity contribution in [2.45, 2.75) is 75.4 Å². The molecule has 2 aliphatic rings. The van der Waals surface area contributed by atoms with Crippen LogP contribution in [0.25, 0.3) is 0 Å². The number of rotatable bonds is 9. The van der Waals surface area contributed by atoms with Gasteiger partial charge in [0, 0.05) is 31.2 Å². The quantitative estimate of drug-likeness (QED) is 0.497. The summed E-state index contributed by atoms with van der Waals surface area (Å²) in [6.45, 7) is 2.47. The van der Waals surface area contributed by atoms with E-state index in [0.717, 1.165) is 50.0 Å². The fourth-order valence-electron chi connectivity index (χ4n) is 5.07. The van der Waals surface area contributed by atoms with Gasteiger partial charge in [-0.15, -0.1) is 0 Å². The first-order chi connectivity index (χ1) is 16.3. The lowest BCUT2D eigenvalue weighted by Gasteiger charge is -2.37. The highest BCUT2D eigenvalue weighted by Gasteiger charge is 2.39. The summed E-state index contributed by atoms with van der Waals surface area (Å²) in [6, 6.07) is 14.8. The molecular formula is C27H36N2O4S. The lowest BCUT2D eigenvalue weighted by Crippen LogP contribution is -2.44. The van der Waals surface area contributed by atoms with Crippen LogP contribution in [-0.4, -0.2) is 49.8 Å². The van der Waals surface area contributed by atoms with Crippen LogP contribution in [0, 0.1) is 5.92 Å². The van der Waals surface area contributed by atoms with Crippen LogP contribution in [0.5, 0.6) is 5.75 Å². The molecule has 184 valence electrons. The summed E-state index contributed by atoms with van der Waals surface area (Å²) in [5.41, 5.74) is 1.30. The highest BCUT2D eigenvalue weighted by atomic mass is 32.2. The van der Waals surface area contributed by atoms with Crippen LogP contribution >= 0.6 is 0 Å². The first kappa shape index (κ1) is 24.7. The smallest absolute Gasteiger partial charge is 0.254 e. The second-order valence-corrected chi connectivity index (χ2v) is 11.7. The van der Waals surface area contributed by atoms with E-state index >= 15 is 0 Å². The Bertz CT molecular complexity index is 1090. The molecule has 2 fully saturated rings. The van der Waals surface area contributed by atoms with Crippen LogP contribution in [0.4, 0.5) is 0 Å². The zero-order valence-corrected chi connectivity index (χ0v) is 21.3. The maximum atomic E-state index is 13.7. The minimum Gasteiger partial charge on any atom is -0.495 e. The highest BCUT2D eigenvalue weighted by molar-refractivity contribution is 7.89. The summed E-state index contributed by atoms with van der Waals surface area (Å²) in [5.74, 6) is 0.940. The van der Waals surface area contributed by atoms with Crippen LogP contribution in [0.3, 0.4) is 0 Å². The van der Waals surface area contributed by atoms with E-state index in [9.17, 15) is 13.2 Å². The number of carbonyl (C=O) groups is 1. The number of sulfonamides is 1. The van der Waals surface area contributed by atoms with Crippen LogP contribution in [0.2, 0.25) is 0 Å². The zero-order chi connectivity index (χ0) is 24.3. The Kier molecular flexibility index (Phi) is 7.63. The molecule has 1 amide bonds. The minimum absolute atomic E-state index is 0.0321. The molecule has 0 atom stereocenters. The molecule has 0 aliphatic heterocycles. The topological polar surface area (TPSA) is 66.9 Å². The Morgan fingerprint density at radius 2 is 1.59 bits per heavy atom. The highest BCUT2D eigenvalue weighted by Crippen LogP contribution is 2.38. The van der Waals surface area contributed by atoms with Gasteiger partial charge in [0.1, 0.15) is 10.6 Å². The van der Waals surface area contributed by atoms with E-state index in [4.69, 9.17) is 4.74 Å². The van der Waals surface area contributed by atoms with Gasteiger partial charge in [0.25, 0.3) is 5.91 Å². The predicted molar refractivity (Wildman–Crippen MR) is 133 cm³/mol. The summed E-state index contributed by atoms with van der Waals surface area (Å²) in [4.78, 5) is 15.8. The van der Waals surface area contributed by atoms with E-state index in [1.54, 1.807) is 19.2 Å². The van der Waals surface area contributed by atoms with E-state index in [2.05, 4.69) is 11.8 Å². The number of ether oxygens (including phenoxy) is 1. The van der Waals surface area contributed by atoms with Gasteiger partial charge in [0.05, 0.1) is 7.11 Å². The van der Waals surface area contributed by atoms with Gasteiger partial charge in [-0.05, 0) is 68.2 Å². The molecule has 0 aromatic heterocycles. The third kappa shape index (κ3) is 5.31. The average molecular weight is 485 g/mol. The van der Waals surface area contributed by atoms with Gasteiger partial charge in [0.2, 0.25) is 10.0 Å². The molecule has 34 heavy (non-hydrogen) atoms. The van der Waals surface area contributed by atoms with E-state index in [1.165, 1.54) is 23.9 Å². The van der Waals surface area contributed by atoms with Crippen LogP contribution < -0.4 is 4.74 Å². The lowest BCUT2D eigenvalue weighted by molar-refractivity contribution is 0.0587. The van der Waals surface area contributed by atoms with Crippen LogP contribution in [0.15, 0.2) is 53.4 Å². The number of hydrogen-bond acceptors (Lipinski definition) is 4. The Hall–Kier alpha value is -2.38. The van der Waals surface area contributed by atoms with Gasteiger partial charge in [-0.25, -0.2) is 8.42 Å².